The van der Waals surface area contributed by atoms with Crippen LogP contribution >= 0.6 is 0 Å². The average molecular weight is 261 g/mol. The zero-order chi connectivity index (χ0) is 13.9. The van der Waals surface area contributed by atoms with Crippen LogP contribution in [0.5, 0.6) is 5.75 Å². The third kappa shape index (κ3) is 3.30. The van der Waals surface area contributed by atoms with E-state index in [4.69, 9.17) is 4.74 Å². The minimum atomic E-state index is 0.0725. The van der Waals surface area contributed by atoms with Gasteiger partial charge in [-0.15, -0.1) is 0 Å². The third-order valence-corrected chi connectivity index (χ3v) is 3.95. The lowest BCUT2D eigenvalue weighted by Crippen LogP contribution is -2.48. The second-order valence-corrected chi connectivity index (χ2v) is 6.90. The lowest BCUT2D eigenvalue weighted by Gasteiger charge is -2.43. The van der Waals surface area contributed by atoms with Crippen LogP contribution < -0.4 is 10.1 Å². The molecule has 1 heterocycles. The molecule has 0 spiro atoms. The summed E-state index contributed by atoms with van der Waals surface area (Å²) in [6.07, 6.45) is 4.91. The molecule has 1 N–H and O–H groups in total. The first-order valence-corrected chi connectivity index (χ1v) is 7.35. The molecule has 2 heteroatoms. The number of rotatable bonds is 3. The van der Waals surface area contributed by atoms with Crippen molar-refractivity contribution >= 4 is 0 Å². The van der Waals surface area contributed by atoms with E-state index in [1.165, 1.54) is 24.8 Å². The lowest BCUT2D eigenvalue weighted by molar-refractivity contribution is 0.165. The highest BCUT2D eigenvalue weighted by molar-refractivity contribution is 5.39. The predicted molar refractivity (Wildman–Crippen MR) is 80.6 cm³/mol. The summed E-state index contributed by atoms with van der Waals surface area (Å²) in [5, 5.41) is 3.80. The molecule has 1 aliphatic heterocycles. The predicted octanol–water partition coefficient (Wildman–Crippen LogP) is 4.10. The summed E-state index contributed by atoms with van der Waals surface area (Å²) in [7, 11) is 1.77. The molecule has 2 nitrogen and oxygen atoms in total. The van der Waals surface area contributed by atoms with E-state index in [1.807, 2.05) is 0 Å². The maximum absolute atomic E-state index is 5.60. The smallest absolute Gasteiger partial charge is 0.123 e. The van der Waals surface area contributed by atoms with Gasteiger partial charge < -0.3 is 10.1 Å². The van der Waals surface area contributed by atoms with E-state index in [2.05, 4.69) is 50.4 Å². The average Bonchev–Trinajstić information content (AvgIpc) is 2.38. The fraction of sp³-hybridized carbons (Fsp3) is 0.647. The highest BCUT2D eigenvalue weighted by Gasteiger charge is 2.38. The first kappa shape index (κ1) is 14.4. The Morgan fingerprint density at radius 1 is 1.21 bits per heavy atom. The van der Waals surface area contributed by atoms with Gasteiger partial charge in [-0.1, -0.05) is 45.4 Å². The SMILES string of the molecule is COc1ccccc1C1(CC(C)(C)C)CCCCN1. The lowest BCUT2D eigenvalue weighted by atomic mass is 9.71. The van der Waals surface area contributed by atoms with Crippen LogP contribution in [0.3, 0.4) is 0 Å². The highest BCUT2D eigenvalue weighted by atomic mass is 16.5. The van der Waals surface area contributed by atoms with Gasteiger partial charge in [0.25, 0.3) is 0 Å². The van der Waals surface area contributed by atoms with Crippen molar-refractivity contribution in [1.29, 1.82) is 0 Å². The molecule has 0 aliphatic carbocycles. The number of hydrogen-bond donors (Lipinski definition) is 1. The third-order valence-electron chi connectivity index (χ3n) is 3.95. The zero-order valence-electron chi connectivity index (χ0n) is 12.8. The van der Waals surface area contributed by atoms with E-state index in [9.17, 15) is 0 Å². The number of methoxy groups -OCH3 is 1. The normalized spacial score (nSPS) is 24.2. The second-order valence-electron chi connectivity index (χ2n) is 6.90. The Morgan fingerprint density at radius 3 is 2.53 bits per heavy atom. The quantitative estimate of drug-likeness (QED) is 0.884. The number of ether oxygens (including phenoxy) is 1. The van der Waals surface area contributed by atoms with E-state index >= 15 is 0 Å². The Hall–Kier alpha value is -1.02. The number of benzene rings is 1. The molecule has 106 valence electrons. The molecule has 1 aliphatic rings. The topological polar surface area (TPSA) is 21.3 Å². The van der Waals surface area contributed by atoms with Crippen LogP contribution in [0.2, 0.25) is 0 Å². The van der Waals surface area contributed by atoms with Crippen molar-refractivity contribution in [1.82, 2.24) is 5.32 Å². The Balaban J connectivity index is 2.41. The van der Waals surface area contributed by atoms with Gasteiger partial charge >= 0.3 is 0 Å². The molecular weight excluding hydrogens is 234 g/mol. The molecule has 0 aromatic heterocycles. The zero-order valence-corrected chi connectivity index (χ0v) is 12.8. The molecule has 1 atom stereocenters. The fourth-order valence-corrected chi connectivity index (χ4v) is 3.39. The van der Waals surface area contributed by atoms with Gasteiger partial charge in [-0.25, -0.2) is 0 Å². The molecule has 1 aromatic carbocycles. The minimum Gasteiger partial charge on any atom is -0.496 e. The Morgan fingerprint density at radius 2 is 1.95 bits per heavy atom. The highest BCUT2D eigenvalue weighted by Crippen LogP contribution is 2.43. The van der Waals surface area contributed by atoms with Crippen molar-refractivity contribution in [2.75, 3.05) is 13.7 Å². The van der Waals surface area contributed by atoms with Crippen molar-refractivity contribution in [2.45, 2.75) is 52.0 Å². The molecular formula is C17H27NO. The monoisotopic (exact) mass is 261 g/mol. The molecule has 2 rings (SSSR count). The van der Waals surface area contributed by atoms with Crippen LogP contribution in [-0.2, 0) is 5.54 Å². The molecule has 1 aromatic rings. The maximum atomic E-state index is 5.60. The van der Waals surface area contributed by atoms with E-state index in [1.54, 1.807) is 7.11 Å². The van der Waals surface area contributed by atoms with E-state index in [0.29, 0.717) is 5.41 Å². The Kier molecular flexibility index (Phi) is 4.19. The number of para-hydroxylation sites is 1. The van der Waals surface area contributed by atoms with Crippen molar-refractivity contribution in [3.8, 4) is 5.75 Å². The summed E-state index contributed by atoms with van der Waals surface area (Å²) in [6.45, 7) is 8.06. The summed E-state index contributed by atoms with van der Waals surface area (Å²) < 4.78 is 5.60. The van der Waals surface area contributed by atoms with Crippen LogP contribution in [0.15, 0.2) is 24.3 Å². The Labute approximate surface area is 117 Å². The molecule has 1 fully saturated rings. The minimum absolute atomic E-state index is 0.0725. The first-order valence-electron chi connectivity index (χ1n) is 7.35. The molecule has 19 heavy (non-hydrogen) atoms. The second kappa shape index (κ2) is 5.54. The summed E-state index contributed by atoms with van der Waals surface area (Å²) in [5.41, 5.74) is 1.70. The van der Waals surface area contributed by atoms with Gasteiger partial charge in [-0.05, 0) is 37.3 Å². The van der Waals surface area contributed by atoms with Crippen LogP contribution in [0.25, 0.3) is 0 Å². The summed E-state index contributed by atoms with van der Waals surface area (Å²) in [5.74, 6) is 1.01. The van der Waals surface area contributed by atoms with Gasteiger partial charge in [0, 0.05) is 11.1 Å². The van der Waals surface area contributed by atoms with Gasteiger partial charge in [0.1, 0.15) is 5.75 Å². The Bertz CT molecular complexity index is 414. The fourth-order valence-electron chi connectivity index (χ4n) is 3.39. The number of hydrogen-bond acceptors (Lipinski definition) is 2. The van der Waals surface area contributed by atoms with Crippen molar-refractivity contribution in [3.05, 3.63) is 29.8 Å². The van der Waals surface area contributed by atoms with Crippen LogP contribution in [0.1, 0.15) is 52.0 Å². The van der Waals surface area contributed by atoms with Gasteiger partial charge in [0.05, 0.1) is 7.11 Å². The summed E-state index contributed by atoms with van der Waals surface area (Å²) in [4.78, 5) is 0. The van der Waals surface area contributed by atoms with E-state index < -0.39 is 0 Å². The summed E-state index contributed by atoms with van der Waals surface area (Å²) >= 11 is 0. The molecule has 1 unspecified atom stereocenters. The van der Waals surface area contributed by atoms with Crippen LogP contribution in [0.4, 0.5) is 0 Å². The van der Waals surface area contributed by atoms with Gasteiger partial charge in [0.15, 0.2) is 0 Å². The molecule has 0 amide bonds. The van der Waals surface area contributed by atoms with Crippen molar-refractivity contribution in [3.63, 3.8) is 0 Å². The number of nitrogens with one attached hydrogen (secondary N) is 1. The largest absolute Gasteiger partial charge is 0.496 e. The molecule has 0 radical (unpaired) electrons. The van der Waals surface area contributed by atoms with Crippen LogP contribution in [-0.4, -0.2) is 13.7 Å². The van der Waals surface area contributed by atoms with E-state index in [-0.39, 0.29) is 5.54 Å². The standard InChI is InChI=1S/C17H27NO/c1-16(2,3)13-17(11-7-8-12-18-17)14-9-5-6-10-15(14)19-4/h5-6,9-10,18H,7-8,11-13H2,1-4H3. The van der Waals surface area contributed by atoms with Crippen LogP contribution in [0, 0.1) is 5.41 Å². The van der Waals surface area contributed by atoms with Crippen molar-refractivity contribution in [2.24, 2.45) is 5.41 Å². The van der Waals surface area contributed by atoms with E-state index in [0.717, 1.165) is 18.7 Å². The van der Waals surface area contributed by atoms with Gasteiger partial charge in [0.2, 0.25) is 0 Å². The number of piperidine rings is 1. The molecule has 0 bridgehead atoms. The van der Waals surface area contributed by atoms with Crippen molar-refractivity contribution < 1.29 is 4.74 Å². The van der Waals surface area contributed by atoms with Gasteiger partial charge in [-0.3, -0.25) is 0 Å². The summed E-state index contributed by atoms with van der Waals surface area (Å²) in [6, 6.07) is 8.48. The molecule has 1 saturated heterocycles. The maximum Gasteiger partial charge on any atom is 0.123 e. The van der Waals surface area contributed by atoms with Gasteiger partial charge in [-0.2, -0.15) is 0 Å². The molecule has 0 saturated carbocycles. The first-order chi connectivity index (χ1) is 8.97.